The van der Waals surface area contributed by atoms with Gasteiger partial charge in [0.25, 0.3) is 0 Å². The van der Waals surface area contributed by atoms with Crippen molar-refractivity contribution in [2.75, 3.05) is 32.8 Å². The second-order valence-corrected chi connectivity index (χ2v) is 5.62. The maximum Gasteiger partial charge on any atom is 0.135 e. The first-order valence-corrected chi connectivity index (χ1v) is 6.60. The van der Waals surface area contributed by atoms with Crippen LogP contribution in [0, 0.1) is 0 Å². The molecule has 0 aromatic carbocycles. The van der Waals surface area contributed by atoms with E-state index in [1.807, 2.05) is 0 Å². The molecule has 0 saturated carbocycles. The van der Waals surface area contributed by atoms with Crippen LogP contribution < -0.4 is 0 Å². The Hall–Kier alpha value is -0.0800. The molecule has 0 aromatic rings. The molecule has 1 fully saturated rings. The fraction of sp³-hybridized carbons (Fsp3) is 1.00. The Morgan fingerprint density at radius 3 is 2.20 bits per heavy atom. The van der Waals surface area contributed by atoms with Crippen LogP contribution in [0.25, 0.3) is 0 Å². The summed E-state index contributed by atoms with van der Waals surface area (Å²) >= 11 is 0. The van der Waals surface area contributed by atoms with Gasteiger partial charge in [-0.3, -0.25) is 4.90 Å². The standard InChI is InChI=1S/C13H29N2/c1-6-13(4,5)14-10-9-11-15(7-2,8-3)12-14/h6-12H2,1-5H3/q+1. The van der Waals surface area contributed by atoms with Crippen molar-refractivity contribution in [1.29, 1.82) is 0 Å². The van der Waals surface area contributed by atoms with Gasteiger partial charge in [-0.05, 0) is 34.1 Å². The van der Waals surface area contributed by atoms with Gasteiger partial charge in [0, 0.05) is 18.5 Å². The first-order chi connectivity index (χ1) is 6.99. The lowest BCUT2D eigenvalue weighted by molar-refractivity contribution is -0.940. The summed E-state index contributed by atoms with van der Waals surface area (Å²) in [6.45, 7) is 18.3. The highest BCUT2D eigenvalue weighted by Crippen LogP contribution is 2.25. The Bertz CT molecular complexity index is 195. The summed E-state index contributed by atoms with van der Waals surface area (Å²) in [5, 5.41) is 0. The molecule has 2 heteroatoms. The summed E-state index contributed by atoms with van der Waals surface area (Å²) in [5.41, 5.74) is 0.383. The average molecular weight is 213 g/mol. The molecule has 0 spiro atoms. The topological polar surface area (TPSA) is 3.24 Å². The minimum Gasteiger partial charge on any atom is -0.311 e. The molecule has 1 heterocycles. The zero-order valence-corrected chi connectivity index (χ0v) is 11.3. The lowest BCUT2D eigenvalue weighted by atomic mass is 9.98. The van der Waals surface area contributed by atoms with E-state index in [1.165, 1.54) is 50.2 Å². The first-order valence-electron chi connectivity index (χ1n) is 6.60. The molecule has 0 aliphatic carbocycles. The van der Waals surface area contributed by atoms with E-state index in [-0.39, 0.29) is 0 Å². The highest BCUT2D eigenvalue weighted by atomic mass is 15.5. The molecule has 0 bridgehead atoms. The van der Waals surface area contributed by atoms with Crippen LogP contribution in [0.2, 0.25) is 0 Å². The van der Waals surface area contributed by atoms with Crippen molar-refractivity contribution in [1.82, 2.24) is 4.90 Å². The monoisotopic (exact) mass is 213 g/mol. The van der Waals surface area contributed by atoms with Gasteiger partial charge in [0.1, 0.15) is 6.67 Å². The summed E-state index contributed by atoms with van der Waals surface area (Å²) in [4.78, 5) is 2.70. The molecule has 0 atom stereocenters. The third-order valence-electron chi connectivity index (χ3n) is 4.59. The largest absolute Gasteiger partial charge is 0.311 e. The van der Waals surface area contributed by atoms with E-state index < -0.39 is 0 Å². The molecule has 0 amide bonds. The zero-order chi connectivity index (χ0) is 11.5. The third kappa shape index (κ3) is 2.73. The van der Waals surface area contributed by atoms with Crippen molar-refractivity contribution in [3.05, 3.63) is 0 Å². The van der Waals surface area contributed by atoms with Crippen LogP contribution in [0.4, 0.5) is 0 Å². The van der Waals surface area contributed by atoms with Crippen molar-refractivity contribution in [2.45, 2.75) is 53.0 Å². The van der Waals surface area contributed by atoms with Gasteiger partial charge in [0.15, 0.2) is 0 Å². The van der Waals surface area contributed by atoms with Crippen LogP contribution in [-0.4, -0.2) is 47.8 Å². The van der Waals surface area contributed by atoms with Crippen LogP contribution in [0.3, 0.4) is 0 Å². The van der Waals surface area contributed by atoms with Gasteiger partial charge < -0.3 is 4.48 Å². The van der Waals surface area contributed by atoms with E-state index >= 15 is 0 Å². The van der Waals surface area contributed by atoms with E-state index in [0.717, 1.165) is 0 Å². The van der Waals surface area contributed by atoms with E-state index in [0.29, 0.717) is 5.54 Å². The molecular formula is C13H29N2+. The van der Waals surface area contributed by atoms with Crippen molar-refractivity contribution in [2.24, 2.45) is 0 Å². The molecule has 90 valence electrons. The summed E-state index contributed by atoms with van der Waals surface area (Å²) in [6.07, 6.45) is 2.62. The van der Waals surface area contributed by atoms with Gasteiger partial charge in [-0.1, -0.05) is 6.92 Å². The zero-order valence-electron chi connectivity index (χ0n) is 11.3. The Balaban J connectivity index is 2.71. The maximum absolute atomic E-state index is 2.70. The van der Waals surface area contributed by atoms with E-state index in [2.05, 4.69) is 39.5 Å². The second kappa shape index (κ2) is 4.84. The van der Waals surface area contributed by atoms with Crippen molar-refractivity contribution >= 4 is 0 Å². The minimum absolute atomic E-state index is 0.383. The number of hydrogen-bond donors (Lipinski definition) is 0. The van der Waals surface area contributed by atoms with Crippen molar-refractivity contribution in [3.8, 4) is 0 Å². The summed E-state index contributed by atoms with van der Waals surface area (Å²) in [6, 6.07) is 0. The Morgan fingerprint density at radius 1 is 1.13 bits per heavy atom. The predicted molar refractivity (Wildman–Crippen MR) is 66.8 cm³/mol. The highest BCUT2D eigenvalue weighted by Gasteiger charge is 2.36. The van der Waals surface area contributed by atoms with Gasteiger partial charge in [0.05, 0.1) is 19.6 Å². The first kappa shape index (κ1) is 13.0. The number of quaternary nitrogens is 1. The fourth-order valence-electron chi connectivity index (χ4n) is 2.56. The molecule has 15 heavy (non-hydrogen) atoms. The van der Waals surface area contributed by atoms with Crippen LogP contribution in [0.1, 0.15) is 47.5 Å². The molecule has 0 unspecified atom stereocenters. The maximum atomic E-state index is 2.70. The average Bonchev–Trinajstić information content (AvgIpc) is 2.29. The Kier molecular flexibility index (Phi) is 4.19. The Morgan fingerprint density at radius 2 is 1.73 bits per heavy atom. The van der Waals surface area contributed by atoms with E-state index in [4.69, 9.17) is 0 Å². The fourth-order valence-corrected chi connectivity index (χ4v) is 2.56. The second-order valence-electron chi connectivity index (χ2n) is 5.62. The lowest BCUT2D eigenvalue weighted by Gasteiger charge is -2.49. The van der Waals surface area contributed by atoms with Crippen LogP contribution in [0.15, 0.2) is 0 Å². The van der Waals surface area contributed by atoms with Gasteiger partial charge in [0.2, 0.25) is 0 Å². The molecule has 2 nitrogen and oxygen atoms in total. The molecule has 0 radical (unpaired) electrons. The van der Waals surface area contributed by atoms with Crippen LogP contribution in [0.5, 0.6) is 0 Å². The lowest BCUT2D eigenvalue weighted by Crippen LogP contribution is -2.63. The van der Waals surface area contributed by atoms with Crippen LogP contribution >= 0.6 is 0 Å². The van der Waals surface area contributed by atoms with Gasteiger partial charge in [-0.2, -0.15) is 0 Å². The van der Waals surface area contributed by atoms with Gasteiger partial charge in [-0.15, -0.1) is 0 Å². The van der Waals surface area contributed by atoms with Gasteiger partial charge in [-0.25, -0.2) is 0 Å². The quantitative estimate of drug-likeness (QED) is 0.649. The summed E-state index contributed by atoms with van der Waals surface area (Å²) in [7, 11) is 0. The molecule has 0 aromatic heterocycles. The SMILES string of the molecule is CCC(C)(C)N1CCC[N+](CC)(CC)C1. The predicted octanol–water partition coefficient (Wildman–Crippen LogP) is 2.69. The molecule has 0 N–H and O–H groups in total. The van der Waals surface area contributed by atoms with Gasteiger partial charge >= 0.3 is 0 Å². The van der Waals surface area contributed by atoms with Crippen molar-refractivity contribution < 1.29 is 4.48 Å². The smallest absolute Gasteiger partial charge is 0.135 e. The summed E-state index contributed by atoms with van der Waals surface area (Å²) in [5.74, 6) is 0. The Labute approximate surface area is 95.8 Å². The minimum atomic E-state index is 0.383. The molecule has 1 aliphatic rings. The third-order valence-corrected chi connectivity index (χ3v) is 4.59. The number of rotatable bonds is 4. The molecule has 1 aliphatic heterocycles. The normalized spacial score (nSPS) is 23.0. The molecule has 1 rings (SSSR count). The van der Waals surface area contributed by atoms with E-state index in [9.17, 15) is 0 Å². The molecule has 1 saturated heterocycles. The number of hydrogen-bond acceptors (Lipinski definition) is 1. The summed E-state index contributed by atoms with van der Waals surface area (Å²) < 4.78 is 1.30. The van der Waals surface area contributed by atoms with E-state index in [1.54, 1.807) is 0 Å². The van der Waals surface area contributed by atoms with Crippen molar-refractivity contribution in [3.63, 3.8) is 0 Å². The highest BCUT2D eigenvalue weighted by molar-refractivity contribution is 4.79. The number of nitrogens with zero attached hydrogens (tertiary/aromatic N) is 2. The van der Waals surface area contributed by atoms with Crippen LogP contribution in [-0.2, 0) is 0 Å². The molecular weight excluding hydrogens is 184 g/mol.